The molecular weight excluding hydrogens is 276 g/mol. The summed E-state index contributed by atoms with van der Waals surface area (Å²) >= 11 is 5.85. The van der Waals surface area contributed by atoms with E-state index in [1.54, 1.807) is 12.1 Å². The summed E-state index contributed by atoms with van der Waals surface area (Å²) in [5.74, 6) is 0.266. The van der Waals surface area contributed by atoms with Crippen LogP contribution in [0.15, 0.2) is 24.3 Å². The van der Waals surface area contributed by atoms with Gasteiger partial charge in [-0.15, -0.1) is 0 Å². The molecule has 0 saturated carbocycles. The molecule has 2 rings (SSSR count). The SMILES string of the molecule is CC(C)C1C(=O)NCCN1CC(O)c1ccc(Cl)cc1. The van der Waals surface area contributed by atoms with E-state index in [2.05, 4.69) is 10.2 Å². The van der Waals surface area contributed by atoms with E-state index in [9.17, 15) is 9.90 Å². The van der Waals surface area contributed by atoms with Crippen molar-refractivity contribution in [2.24, 2.45) is 5.92 Å². The molecule has 0 radical (unpaired) electrons. The van der Waals surface area contributed by atoms with E-state index in [0.717, 1.165) is 12.1 Å². The van der Waals surface area contributed by atoms with E-state index < -0.39 is 6.10 Å². The first-order valence-electron chi connectivity index (χ1n) is 6.94. The zero-order valence-electron chi connectivity index (χ0n) is 11.8. The predicted molar refractivity (Wildman–Crippen MR) is 79.6 cm³/mol. The average molecular weight is 297 g/mol. The number of β-amino-alcohol motifs (C(OH)–C–C–N with tert-alkyl or cyclic N) is 1. The number of hydrogen-bond donors (Lipinski definition) is 2. The summed E-state index contributed by atoms with van der Waals surface area (Å²) in [4.78, 5) is 14.0. The number of amides is 1. The lowest BCUT2D eigenvalue weighted by atomic mass is 9.98. The fourth-order valence-electron chi connectivity index (χ4n) is 2.67. The monoisotopic (exact) mass is 296 g/mol. The van der Waals surface area contributed by atoms with E-state index in [0.29, 0.717) is 18.1 Å². The summed E-state index contributed by atoms with van der Waals surface area (Å²) in [6.45, 7) is 5.90. The molecule has 2 atom stereocenters. The number of piperazine rings is 1. The summed E-state index contributed by atoms with van der Waals surface area (Å²) in [6, 6.07) is 7.00. The molecule has 2 N–H and O–H groups in total. The summed E-state index contributed by atoms with van der Waals surface area (Å²) in [6.07, 6.45) is -0.612. The Labute approximate surface area is 124 Å². The van der Waals surface area contributed by atoms with Crippen LogP contribution in [0.3, 0.4) is 0 Å². The molecule has 0 spiro atoms. The van der Waals surface area contributed by atoms with Crippen LogP contribution >= 0.6 is 11.6 Å². The first kappa shape index (κ1) is 15.3. The topological polar surface area (TPSA) is 52.6 Å². The number of carbonyl (C=O) groups is 1. The Morgan fingerprint density at radius 3 is 2.65 bits per heavy atom. The number of nitrogens with zero attached hydrogens (tertiary/aromatic N) is 1. The highest BCUT2D eigenvalue weighted by atomic mass is 35.5. The third-order valence-corrected chi connectivity index (χ3v) is 3.91. The number of aliphatic hydroxyl groups is 1. The Balaban J connectivity index is 2.07. The van der Waals surface area contributed by atoms with Crippen molar-refractivity contribution in [3.05, 3.63) is 34.9 Å². The van der Waals surface area contributed by atoms with Crippen LogP contribution in [0.5, 0.6) is 0 Å². The summed E-state index contributed by atoms with van der Waals surface area (Å²) in [5, 5.41) is 13.9. The Morgan fingerprint density at radius 2 is 2.05 bits per heavy atom. The molecule has 0 aliphatic carbocycles. The molecular formula is C15H21ClN2O2. The zero-order valence-corrected chi connectivity index (χ0v) is 12.6. The van der Waals surface area contributed by atoms with Crippen LogP contribution in [-0.2, 0) is 4.79 Å². The van der Waals surface area contributed by atoms with Crippen LogP contribution in [0.1, 0.15) is 25.5 Å². The van der Waals surface area contributed by atoms with Gasteiger partial charge in [-0.2, -0.15) is 0 Å². The fourth-order valence-corrected chi connectivity index (χ4v) is 2.80. The van der Waals surface area contributed by atoms with Gasteiger partial charge in [-0.3, -0.25) is 9.69 Å². The van der Waals surface area contributed by atoms with Crippen molar-refractivity contribution in [2.45, 2.75) is 26.0 Å². The number of benzene rings is 1. The maximum atomic E-state index is 12.0. The van der Waals surface area contributed by atoms with E-state index in [1.807, 2.05) is 26.0 Å². The molecule has 2 unspecified atom stereocenters. The van der Waals surface area contributed by atoms with E-state index >= 15 is 0 Å². The van der Waals surface area contributed by atoms with Crippen molar-refractivity contribution in [3.63, 3.8) is 0 Å². The van der Waals surface area contributed by atoms with Crippen molar-refractivity contribution >= 4 is 17.5 Å². The lowest BCUT2D eigenvalue weighted by Gasteiger charge is -2.38. The van der Waals surface area contributed by atoms with Gasteiger partial charge in [0.1, 0.15) is 0 Å². The normalized spacial score (nSPS) is 21.9. The largest absolute Gasteiger partial charge is 0.387 e. The first-order chi connectivity index (χ1) is 9.49. The van der Waals surface area contributed by atoms with Gasteiger partial charge in [0.05, 0.1) is 12.1 Å². The van der Waals surface area contributed by atoms with Gasteiger partial charge in [0.15, 0.2) is 0 Å². The lowest BCUT2D eigenvalue weighted by molar-refractivity contribution is -0.131. The number of carbonyl (C=O) groups excluding carboxylic acids is 1. The summed E-state index contributed by atoms with van der Waals surface area (Å²) in [5.41, 5.74) is 0.822. The molecule has 1 aromatic carbocycles. The van der Waals surface area contributed by atoms with E-state index in [-0.39, 0.29) is 17.9 Å². The fraction of sp³-hybridized carbons (Fsp3) is 0.533. The number of aliphatic hydroxyl groups excluding tert-OH is 1. The maximum Gasteiger partial charge on any atom is 0.237 e. The molecule has 1 aromatic rings. The molecule has 110 valence electrons. The maximum absolute atomic E-state index is 12.0. The van der Waals surface area contributed by atoms with Gasteiger partial charge in [-0.25, -0.2) is 0 Å². The Bertz CT molecular complexity index is 461. The van der Waals surface area contributed by atoms with Gasteiger partial charge >= 0.3 is 0 Å². The van der Waals surface area contributed by atoms with E-state index in [4.69, 9.17) is 11.6 Å². The van der Waals surface area contributed by atoms with Crippen molar-refractivity contribution in [3.8, 4) is 0 Å². The van der Waals surface area contributed by atoms with Crippen LogP contribution in [0, 0.1) is 5.92 Å². The molecule has 1 amide bonds. The molecule has 0 aromatic heterocycles. The molecule has 5 heteroatoms. The minimum Gasteiger partial charge on any atom is -0.387 e. The highest BCUT2D eigenvalue weighted by molar-refractivity contribution is 6.30. The van der Waals surface area contributed by atoms with Gasteiger partial charge in [0.2, 0.25) is 5.91 Å². The highest BCUT2D eigenvalue weighted by Crippen LogP contribution is 2.21. The van der Waals surface area contributed by atoms with Crippen LogP contribution in [-0.4, -0.2) is 41.6 Å². The second-order valence-electron chi connectivity index (χ2n) is 5.54. The van der Waals surface area contributed by atoms with Crippen molar-refractivity contribution in [1.82, 2.24) is 10.2 Å². The predicted octanol–water partition coefficient (Wildman–Crippen LogP) is 1.83. The summed E-state index contributed by atoms with van der Waals surface area (Å²) in [7, 11) is 0. The van der Waals surface area contributed by atoms with Gasteiger partial charge in [-0.05, 0) is 23.6 Å². The van der Waals surface area contributed by atoms with Crippen LogP contribution in [0.25, 0.3) is 0 Å². The number of hydrogen-bond acceptors (Lipinski definition) is 3. The molecule has 1 aliphatic rings. The standard InChI is InChI=1S/C15H21ClN2O2/c1-10(2)14-15(20)17-7-8-18(14)9-13(19)11-3-5-12(16)6-4-11/h3-6,10,13-14,19H,7-9H2,1-2H3,(H,17,20). The average Bonchev–Trinajstić information content (AvgIpc) is 2.39. The van der Waals surface area contributed by atoms with Gasteiger partial charge in [-0.1, -0.05) is 37.6 Å². The third kappa shape index (κ3) is 3.51. The molecule has 1 saturated heterocycles. The van der Waals surface area contributed by atoms with Gasteiger partial charge in [0.25, 0.3) is 0 Å². The minimum atomic E-state index is -0.612. The van der Waals surface area contributed by atoms with Crippen LogP contribution < -0.4 is 5.32 Å². The minimum absolute atomic E-state index is 0.0505. The van der Waals surface area contributed by atoms with Gasteiger partial charge in [0, 0.05) is 24.7 Å². The molecule has 1 aliphatic heterocycles. The molecule has 0 bridgehead atoms. The molecule has 1 fully saturated rings. The Hall–Kier alpha value is -1.10. The van der Waals surface area contributed by atoms with Gasteiger partial charge < -0.3 is 10.4 Å². The lowest BCUT2D eigenvalue weighted by Crippen LogP contribution is -2.58. The summed E-state index contributed by atoms with van der Waals surface area (Å²) < 4.78 is 0. The second kappa shape index (κ2) is 6.57. The molecule has 20 heavy (non-hydrogen) atoms. The zero-order chi connectivity index (χ0) is 14.7. The van der Waals surface area contributed by atoms with Crippen LogP contribution in [0.4, 0.5) is 0 Å². The van der Waals surface area contributed by atoms with Crippen LogP contribution in [0.2, 0.25) is 5.02 Å². The third-order valence-electron chi connectivity index (χ3n) is 3.65. The molecule has 1 heterocycles. The van der Waals surface area contributed by atoms with Crippen molar-refractivity contribution in [1.29, 1.82) is 0 Å². The second-order valence-corrected chi connectivity index (χ2v) is 5.98. The molecule has 4 nitrogen and oxygen atoms in total. The number of rotatable bonds is 4. The van der Waals surface area contributed by atoms with Crippen molar-refractivity contribution < 1.29 is 9.90 Å². The highest BCUT2D eigenvalue weighted by Gasteiger charge is 2.33. The number of halogens is 1. The van der Waals surface area contributed by atoms with E-state index in [1.165, 1.54) is 0 Å². The Morgan fingerprint density at radius 1 is 1.40 bits per heavy atom. The quantitative estimate of drug-likeness (QED) is 0.891. The van der Waals surface area contributed by atoms with Crippen molar-refractivity contribution in [2.75, 3.05) is 19.6 Å². The first-order valence-corrected chi connectivity index (χ1v) is 7.32. The number of nitrogens with one attached hydrogen (secondary N) is 1. The Kier molecular flexibility index (Phi) is 5.02. The smallest absolute Gasteiger partial charge is 0.237 e.